The molecule has 1 N–H and O–H groups in total. The second-order valence-electron chi connectivity index (χ2n) is 3.19. The third kappa shape index (κ3) is 2.01. The van der Waals surface area contributed by atoms with Gasteiger partial charge in [0.15, 0.2) is 17.5 Å². The number of halogens is 1. The van der Waals surface area contributed by atoms with Gasteiger partial charge < -0.3 is 5.32 Å². The van der Waals surface area contributed by atoms with E-state index in [4.69, 9.17) is 0 Å². The smallest absolute Gasteiger partial charge is 0.186 e. The second kappa shape index (κ2) is 4.52. The maximum absolute atomic E-state index is 13.6. The number of hydrogen-bond donors (Lipinski definition) is 1. The van der Waals surface area contributed by atoms with E-state index < -0.39 is 5.82 Å². The van der Waals surface area contributed by atoms with E-state index in [1.54, 1.807) is 18.6 Å². The molecule has 0 aliphatic carbocycles. The van der Waals surface area contributed by atoms with Gasteiger partial charge in [0, 0.05) is 12.7 Å². The van der Waals surface area contributed by atoms with Crippen molar-refractivity contribution in [3.8, 4) is 10.7 Å². The van der Waals surface area contributed by atoms with Crippen molar-refractivity contribution < 1.29 is 4.39 Å². The van der Waals surface area contributed by atoms with E-state index in [2.05, 4.69) is 20.3 Å². The van der Waals surface area contributed by atoms with Crippen molar-refractivity contribution in [2.24, 2.45) is 0 Å². The molecule has 0 fully saturated rings. The zero-order valence-electron chi connectivity index (χ0n) is 8.99. The lowest BCUT2D eigenvalue weighted by Gasteiger charge is -2.07. The predicted molar refractivity (Wildman–Crippen MR) is 62.0 cm³/mol. The first-order valence-corrected chi connectivity index (χ1v) is 5.77. The van der Waals surface area contributed by atoms with Gasteiger partial charge in [-0.15, -0.1) is 11.3 Å². The standard InChI is InChI=1S/C10H11FN4S/c1-3-13-10-8(11)6(2)14-9(15-10)7-4-12-5-16-7/h4-5H,3H2,1-2H3,(H,13,14,15). The Morgan fingerprint density at radius 1 is 1.44 bits per heavy atom. The summed E-state index contributed by atoms with van der Waals surface area (Å²) in [5.74, 6) is 0.367. The van der Waals surface area contributed by atoms with Gasteiger partial charge in [0.1, 0.15) is 0 Å². The Hall–Kier alpha value is -1.56. The monoisotopic (exact) mass is 238 g/mol. The fourth-order valence-corrected chi connectivity index (χ4v) is 1.83. The average molecular weight is 238 g/mol. The van der Waals surface area contributed by atoms with E-state index in [9.17, 15) is 4.39 Å². The van der Waals surface area contributed by atoms with Crippen LogP contribution < -0.4 is 5.32 Å². The average Bonchev–Trinajstić information content (AvgIpc) is 2.78. The Morgan fingerprint density at radius 2 is 2.25 bits per heavy atom. The molecule has 2 aromatic heterocycles. The lowest BCUT2D eigenvalue weighted by atomic mass is 10.3. The van der Waals surface area contributed by atoms with Crippen LogP contribution in [-0.4, -0.2) is 21.5 Å². The fraction of sp³-hybridized carbons (Fsp3) is 0.300. The van der Waals surface area contributed by atoms with Crippen LogP contribution in [-0.2, 0) is 0 Å². The number of nitrogens with one attached hydrogen (secondary N) is 1. The van der Waals surface area contributed by atoms with Gasteiger partial charge in [0.2, 0.25) is 0 Å². The highest BCUT2D eigenvalue weighted by molar-refractivity contribution is 7.13. The maximum Gasteiger partial charge on any atom is 0.186 e. The van der Waals surface area contributed by atoms with E-state index in [1.165, 1.54) is 11.3 Å². The molecular weight excluding hydrogens is 227 g/mol. The molecule has 0 unspecified atom stereocenters. The van der Waals surface area contributed by atoms with Gasteiger partial charge in [0.25, 0.3) is 0 Å². The second-order valence-corrected chi connectivity index (χ2v) is 4.08. The largest absolute Gasteiger partial charge is 0.368 e. The summed E-state index contributed by atoms with van der Waals surface area (Å²) in [6.07, 6.45) is 1.67. The highest BCUT2D eigenvalue weighted by atomic mass is 32.1. The summed E-state index contributed by atoms with van der Waals surface area (Å²) in [4.78, 5) is 13.0. The van der Waals surface area contributed by atoms with Crippen LogP contribution in [0.1, 0.15) is 12.6 Å². The Labute approximate surface area is 96.6 Å². The minimum absolute atomic E-state index is 0.249. The van der Waals surface area contributed by atoms with Gasteiger partial charge in [-0.2, -0.15) is 0 Å². The van der Waals surface area contributed by atoms with Crippen molar-refractivity contribution in [1.29, 1.82) is 0 Å². The summed E-state index contributed by atoms with van der Waals surface area (Å²) in [6, 6.07) is 0. The summed E-state index contributed by atoms with van der Waals surface area (Å²) in [5.41, 5.74) is 2.04. The van der Waals surface area contributed by atoms with Crippen molar-refractivity contribution in [3.05, 3.63) is 23.2 Å². The third-order valence-electron chi connectivity index (χ3n) is 2.01. The Bertz CT molecular complexity index is 484. The number of rotatable bonds is 3. The van der Waals surface area contributed by atoms with Crippen molar-refractivity contribution in [1.82, 2.24) is 15.0 Å². The lowest BCUT2D eigenvalue weighted by Crippen LogP contribution is -2.06. The van der Waals surface area contributed by atoms with Crippen LogP contribution in [0, 0.1) is 12.7 Å². The summed E-state index contributed by atoms with van der Waals surface area (Å²) in [5, 5.41) is 2.88. The summed E-state index contributed by atoms with van der Waals surface area (Å²) >= 11 is 1.43. The van der Waals surface area contributed by atoms with Gasteiger partial charge in [-0.1, -0.05) is 0 Å². The van der Waals surface area contributed by atoms with E-state index in [1.807, 2.05) is 6.92 Å². The van der Waals surface area contributed by atoms with Gasteiger partial charge in [-0.05, 0) is 13.8 Å². The number of aryl methyl sites for hydroxylation is 1. The molecule has 0 spiro atoms. The Morgan fingerprint density at radius 3 is 2.88 bits per heavy atom. The van der Waals surface area contributed by atoms with E-state index in [-0.39, 0.29) is 5.82 Å². The van der Waals surface area contributed by atoms with Gasteiger partial charge in [-0.3, -0.25) is 4.98 Å². The van der Waals surface area contributed by atoms with Crippen molar-refractivity contribution in [3.63, 3.8) is 0 Å². The van der Waals surface area contributed by atoms with Crippen LogP contribution in [0.15, 0.2) is 11.7 Å². The van der Waals surface area contributed by atoms with E-state index in [0.717, 1.165) is 4.88 Å². The first-order chi connectivity index (χ1) is 7.72. The number of anilines is 1. The molecule has 0 atom stereocenters. The molecule has 6 heteroatoms. The Kier molecular flexibility index (Phi) is 3.09. The molecule has 2 aromatic rings. The van der Waals surface area contributed by atoms with Gasteiger partial charge in [0.05, 0.1) is 16.1 Å². The van der Waals surface area contributed by atoms with E-state index in [0.29, 0.717) is 18.1 Å². The molecule has 0 saturated heterocycles. The molecule has 0 aliphatic rings. The molecule has 84 valence electrons. The minimum Gasteiger partial charge on any atom is -0.368 e. The molecule has 2 rings (SSSR count). The van der Waals surface area contributed by atoms with Crippen LogP contribution in [0.5, 0.6) is 0 Å². The maximum atomic E-state index is 13.6. The number of thiazole rings is 1. The van der Waals surface area contributed by atoms with Gasteiger partial charge in [-0.25, -0.2) is 14.4 Å². The van der Waals surface area contributed by atoms with Crippen molar-refractivity contribution in [2.75, 3.05) is 11.9 Å². The summed E-state index contributed by atoms with van der Waals surface area (Å²) in [6.45, 7) is 4.14. The molecule has 0 aliphatic heterocycles. The molecule has 0 aromatic carbocycles. The molecule has 0 saturated carbocycles. The zero-order valence-corrected chi connectivity index (χ0v) is 9.81. The fourth-order valence-electron chi connectivity index (χ4n) is 1.28. The first kappa shape index (κ1) is 10.9. The van der Waals surface area contributed by atoms with Crippen LogP contribution in [0.25, 0.3) is 10.7 Å². The topological polar surface area (TPSA) is 50.7 Å². The number of hydrogen-bond acceptors (Lipinski definition) is 5. The molecular formula is C10H11FN4S. The third-order valence-corrected chi connectivity index (χ3v) is 2.78. The van der Waals surface area contributed by atoms with Crippen molar-refractivity contribution in [2.45, 2.75) is 13.8 Å². The van der Waals surface area contributed by atoms with Crippen LogP contribution in [0.2, 0.25) is 0 Å². The normalized spacial score (nSPS) is 10.4. The molecule has 2 heterocycles. The predicted octanol–water partition coefficient (Wildman–Crippen LogP) is 2.48. The zero-order chi connectivity index (χ0) is 11.5. The first-order valence-electron chi connectivity index (χ1n) is 4.89. The Balaban J connectivity index is 2.48. The number of nitrogens with zero attached hydrogens (tertiary/aromatic N) is 3. The van der Waals surface area contributed by atoms with Crippen molar-refractivity contribution >= 4 is 17.2 Å². The molecule has 0 bridgehead atoms. The highest BCUT2D eigenvalue weighted by Gasteiger charge is 2.12. The quantitative estimate of drug-likeness (QED) is 0.892. The molecule has 16 heavy (non-hydrogen) atoms. The molecule has 4 nitrogen and oxygen atoms in total. The molecule has 0 radical (unpaired) electrons. The van der Waals surface area contributed by atoms with E-state index >= 15 is 0 Å². The summed E-state index contributed by atoms with van der Waals surface area (Å²) in [7, 11) is 0. The minimum atomic E-state index is -0.393. The van der Waals surface area contributed by atoms with Crippen LogP contribution in [0.4, 0.5) is 10.2 Å². The summed E-state index contributed by atoms with van der Waals surface area (Å²) < 4.78 is 13.6. The van der Waals surface area contributed by atoms with Gasteiger partial charge >= 0.3 is 0 Å². The lowest BCUT2D eigenvalue weighted by molar-refractivity contribution is 0.606. The SMILES string of the molecule is CCNc1nc(-c2cncs2)nc(C)c1F. The van der Waals surface area contributed by atoms with Crippen LogP contribution >= 0.6 is 11.3 Å². The van der Waals surface area contributed by atoms with Crippen LogP contribution in [0.3, 0.4) is 0 Å². The highest BCUT2D eigenvalue weighted by Crippen LogP contribution is 2.23. The number of aromatic nitrogens is 3. The molecule has 0 amide bonds.